The molecule has 10 N–H and O–H groups in total. The number of fused-ring (bicyclic) bond motifs is 4. The van der Waals surface area contributed by atoms with Crippen LogP contribution < -0.4 is 59.3 Å². The zero-order valence-electron chi connectivity index (χ0n) is 59.7. The van der Waals surface area contributed by atoms with Crippen molar-refractivity contribution in [1.29, 1.82) is 0 Å². The lowest BCUT2D eigenvalue weighted by atomic mass is 9.99. The van der Waals surface area contributed by atoms with E-state index < -0.39 is 132 Å². The van der Waals surface area contributed by atoms with Gasteiger partial charge in [0.2, 0.25) is 18.1 Å². The Balaban J connectivity index is 0.788. The molecule has 0 unspecified atom stereocenters. The zero-order chi connectivity index (χ0) is 77.5. The number of carboxylic acids is 1. The fraction of sp³-hybridized carbons (Fsp3) is 0.373. The highest BCUT2D eigenvalue weighted by Gasteiger charge is 2.50. The predicted molar refractivity (Wildman–Crippen MR) is 383 cm³/mol. The van der Waals surface area contributed by atoms with Crippen LogP contribution in [0.3, 0.4) is 0 Å². The van der Waals surface area contributed by atoms with Gasteiger partial charge in [0.05, 0.1) is 87.2 Å². The summed E-state index contributed by atoms with van der Waals surface area (Å²) in [7, 11) is 5.77. The molecule has 6 aromatic rings. The van der Waals surface area contributed by atoms with Crippen LogP contribution in [-0.4, -0.2) is 196 Å². The number of unbranched alkanes of at least 4 members (excludes halogenated alkanes) is 2. The number of hydrogen-bond donors (Lipinski definition) is 9. The molecule has 11 atom stereocenters. The van der Waals surface area contributed by atoms with Gasteiger partial charge in [0.1, 0.15) is 49.1 Å². The van der Waals surface area contributed by atoms with Gasteiger partial charge in [-0.3, -0.25) is 29.3 Å². The van der Waals surface area contributed by atoms with Crippen molar-refractivity contribution in [1.82, 2.24) is 15.1 Å². The highest BCUT2D eigenvalue weighted by atomic mass is 16.7. The van der Waals surface area contributed by atoms with E-state index in [1.165, 1.54) is 75.5 Å². The molecule has 0 radical (unpaired) electrons. The third-order valence-electron chi connectivity index (χ3n) is 19.0. The summed E-state index contributed by atoms with van der Waals surface area (Å²) in [4.78, 5) is 112. The third-order valence-corrected chi connectivity index (χ3v) is 19.0. The number of aliphatic carboxylic acids is 1. The molecular formula is C75H82N8O25. The minimum Gasteiger partial charge on any atom is -0.497 e. The number of nitro benzene ring substituents is 1. The van der Waals surface area contributed by atoms with Gasteiger partial charge in [-0.25, -0.2) is 24.2 Å². The van der Waals surface area contributed by atoms with Crippen molar-refractivity contribution in [3.05, 3.63) is 171 Å². The fourth-order valence-electron chi connectivity index (χ4n) is 12.9. The van der Waals surface area contributed by atoms with Crippen molar-refractivity contribution in [2.75, 3.05) is 56.8 Å². The number of ether oxygens (including phenoxy) is 10. The normalized spacial score (nSPS) is 21.3. The Morgan fingerprint density at radius 2 is 1.07 bits per heavy atom. The van der Waals surface area contributed by atoms with Gasteiger partial charge >= 0.3 is 23.8 Å². The highest BCUT2D eigenvalue weighted by molar-refractivity contribution is 6.08. The SMILES string of the molecule is COc1ccc(C2=CN3C(=O)c4cc(OC)c(OCCCCCOc5cc6c(cc5OC)C(=O)N5C=C(c7ccc(OC)cc7)C[C@H]5[C@H](O)N6C(=O)OCc5ccc(O[C@@H]6O[C@H](C(=O)O)[C@@H](O)[C@H](O)[C@H]6O)c([N+](=O)[O-])c5)cc4N(C(=O)OCc4ccc(NC(=O)[C@H](C)NC(=O)[C@@H](N)C(C)C)cc4)[C@@H](O)[C@@H]3C2)cc1. The number of aliphatic hydroxyl groups is 5. The van der Waals surface area contributed by atoms with E-state index in [1.54, 1.807) is 86.9 Å². The number of nitrogens with zero attached hydrogens (tertiary/aromatic N) is 5. The molecule has 1 fully saturated rings. The molecule has 5 aliphatic rings. The molecule has 33 nitrogen and oxygen atoms in total. The lowest BCUT2D eigenvalue weighted by molar-refractivity contribution is -0.387. The molecule has 108 heavy (non-hydrogen) atoms. The molecule has 5 aliphatic heterocycles. The van der Waals surface area contributed by atoms with Crippen molar-refractivity contribution in [2.45, 2.75) is 133 Å². The van der Waals surface area contributed by atoms with Crippen LogP contribution in [-0.2, 0) is 41.8 Å². The van der Waals surface area contributed by atoms with Crippen LogP contribution in [0.1, 0.15) is 95.8 Å². The van der Waals surface area contributed by atoms with Crippen LogP contribution >= 0.6 is 0 Å². The maximum absolute atomic E-state index is 14.8. The average molecular weight is 1500 g/mol. The molecule has 572 valence electrons. The summed E-state index contributed by atoms with van der Waals surface area (Å²) in [5.74, 6) is -3.08. The standard InChI is InChI=1S/C75H82N8O25/c1-38(2)61(76)67(88)77-39(3)66(87)78-46-18-11-40(12-19-46)36-105-74(95)81-51-32-59(57(101-6)30-49(51)68(89)79-34-44(28-54(79)70(81)91)42-14-20-47(99-4)21-15-42)103-25-9-8-10-26-104-60-33-52-50(31-58(60)102-7)69(90)80-35-45(43-16-22-48(100-5)23-17-43)29-55(80)71(92)82(52)75(96)106-37-41-13-24-56(53(27-41)83(97)98)107-73-64(86)62(84)63(85)65(108-73)72(93)94/h11-24,27,30-35,38-39,54-55,61-65,70-71,73,84-86,91-92H,8-10,25-26,28-29,36-37,76H2,1-7H3,(H,77,88)(H,78,87)(H,93,94)/t39-,54-,55-,61-,62-,63-,64+,65-,70-,71-,73+/m0/s1. The number of aliphatic hydroxyl groups excluding tert-OH is 5. The topological polar surface area (TPSA) is 439 Å². The number of benzene rings is 6. The lowest BCUT2D eigenvalue weighted by Gasteiger charge is -2.38. The molecule has 5 heterocycles. The van der Waals surface area contributed by atoms with Crippen LogP contribution in [0.15, 0.2) is 128 Å². The number of carbonyl (C=O) groups is 7. The summed E-state index contributed by atoms with van der Waals surface area (Å²) in [6.07, 6.45) is -11.4. The molecule has 0 aliphatic carbocycles. The van der Waals surface area contributed by atoms with Gasteiger partial charge in [-0.15, -0.1) is 0 Å². The Hall–Kier alpha value is -11.6. The second-order valence-corrected chi connectivity index (χ2v) is 26.3. The first-order chi connectivity index (χ1) is 51.7. The maximum Gasteiger partial charge on any atom is 0.416 e. The van der Waals surface area contributed by atoms with Crippen molar-refractivity contribution in [3.8, 4) is 40.2 Å². The summed E-state index contributed by atoms with van der Waals surface area (Å²) < 4.78 is 57.1. The number of nitrogens with two attached hydrogens (primary N) is 1. The van der Waals surface area contributed by atoms with E-state index >= 15 is 0 Å². The quantitative estimate of drug-likeness (QED) is 0.0153. The van der Waals surface area contributed by atoms with Crippen LogP contribution in [0, 0.1) is 16.0 Å². The maximum atomic E-state index is 14.8. The number of carboxylic acid groups (broad SMARTS) is 1. The second kappa shape index (κ2) is 33.5. The van der Waals surface area contributed by atoms with Crippen molar-refractivity contribution in [2.24, 2.45) is 11.7 Å². The molecule has 1 saturated heterocycles. The minimum absolute atomic E-state index is 0.00807. The van der Waals surface area contributed by atoms with Gasteiger partial charge < -0.3 is 104 Å². The first kappa shape index (κ1) is 77.5. The summed E-state index contributed by atoms with van der Waals surface area (Å²) >= 11 is 0. The summed E-state index contributed by atoms with van der Waals surface area (Å²) in [5, 5.41) is 83.1. The molecule has 11 rings (SSSR count). The number of nitrogens with one attached hydrogen (secondary N) is 2. The molecule has 0 aromatic heterocycles. The first-order valence-corrected chi connectivity index (χ1v) is 34.4. The van der Waals surface area contributed by atoms with Crippen LogP contribution in [0.25, 0.3) is 11.1 Å². The van der Waals surface area contributed by atoms with E-state index in [0.717, 1.165) is 27.5 Å². The second-order valence-electron chi connectivity index (χ2n) is 26.3. The number of rotatable bonds is 27. The number of methoxy groups -OCH3 is 4. The van der Waals surface area contributed by atoms with Crippen molar-refractivity contribution in [3.63, 3.8) is 0 Å². The van der Waals surface area contributed by atoms with E-state index in [1.807, 2.05) is 12.1 Å². The summed E-state index contributed by atoms with van der Waals surface area (Å²) in [6, 6.07) is 25.5. The fourth-order valence-corrected chi connectivity index (χ4v) is 12.9. The molecular weight excluding hydrogens is 1410 g/mol. The molecule has 6 amide bonds. The summed E-state index contributed by atoms with van der Waals surface area (Å²) in [5.41, 5.74) is 8.46. The molecule has 0 saturated carbocycles. The summed E-state index contributed by atoms with van der Waals surface area (Å²) in [6.45, 7) is 4.19. The van der Waals surface area contributed by atoms with Crippen molar-refractivity contribution < 1.29 is 116 Å². The number of amides is 6. The van der Waals surface area contributed by atoms with Gasteiger partial charge in [-0.1, -0.05) is 56.3 Å². The van der Waals surface area contributed by atoms with Gasteiger partial charge in [0.15, 0.2) is 47.3 Å². The van der Waals surface area contributed by atoms with E-state index in [2.05, 4.69) is 10.6 Å². The smallest absolute Gasteiger partial charge is 0.416 e. The van der Waals surface area contributed by atoms with Gasteiger partial charge in [-0.2, -0.15) is 0 Å². The van der Waals surface area contributed by atoms with E-state index in [4.69, 9.17) is 53.1 Å². The van der Waals surface area contributed by atoms with Gasteiger partial charge in [-0.05, 0) is 133 Å². The third kappa shape index (κ3) is 16.5. The number of anilines is 3. The molecule has 0 bridgehead atoms. The largest absolute Gasteiger partial charge is 0.497 e. The first-order valence-electron chi connectivity index (χ1n) is 34.4. The van der Waals surface area contributed by atoms with Crippen LogP contribution in [0.2, 0.25) is 0 Å². The molecule has 33 heteroatoms. The van der Waals surface area contributed by atoms with Crippen LogP contribution in [0.5, 0.6) is 40.2 Å². The van der Waals surface area contributed by atoms with E-state index in [0.29, 0.717) is 58.7 Å². The Morgan fingerprint density at radius 3 is 1.53 bits per heavy atom. The Kier molecular flexibility index (Phi) is 24.0. The lowest BCUT2D eigenvalue weighted by Crippen LogP contribution is -2.61. The van der Waals surface area contributed by atoms with Gasteiger partial charge in [0, 0.05) is 36.3 Å². The Labute approximate surface area is 618 Å². The zero-order valence-corrected chi connectivity index (χ0v) is 59.7. The minimum atomic E-state index is -2.08. The Morgan fingerprint density at radius 1 is 0.593 bits per heavy atom. The number of hydrogen-bond acceptors (Lipinski definition) is 25. The predicted octanol–water partition coefficient (Wildman–Crippen LogP) is 6.42. The number of carbonyl (C=O) groups excluding carboxylic acids is 6. The van der Waals surface area contributed by atoms with E-state index in [9.17, 15) is 74.3 Å². The monoisotopic (exact) mass is 1490 g/mol. The van der Waals surface area contributed by atoms with Crippen molar-refractivity contribution >= 4 is 75.7 Å². The highest BCUT2D eigenvalue weighted by Crippen LogP contribution is 2.46. The molecule has 6 aromatic carbocycles. The average Bonchev–Trinajstić information content (AvgIpc) is 1.59. The van der Waals surface area contributed by atoms with E-state index in [-0.39, 0.29) is 89.6 Å². The van der Waals surface area contributed by atoms with Crippen LogP contribution in [0.4, 0.5) is 32.3 Å². The number of nitro groups is 1. The Bertz CT molecular complexity index is 4440. The van der Waals surface area contributed by atoms with Gasteiger partial charge in [0.25, 0.3) is 11.8 Å². The molecule has 0 spiro atoms.